The molecule has 2 fully saturated rings. The summed E-state index contributed by atoms with van der Waals surface area (Å²) in [5.74, 6) is 0.482. The molecule has 133 valence electrons. The van der Waals surface area contributed by atoms with Crippen molar-refractivity contribution in [3.8, 4) is 0 Å². The largest absolute Gasteiger partial charge is 0.338 e. The average Bonchev–Trinajstić information content (AvgIpc) is 3.24. The molecule has 0 aromatic heterocycles. The summed E-state index contributed by atoms with van der Waals surface area (Å²) in [5, 5.41) is 0. The first-order chi connectivity index (χ1) is 11.7. The molecule has 1 aromatic rings. The zero-order valence-corrected chi connectivity index (χ0v) is 18.3. The van der Waals surface area contributed by atoms with Crippen LogP contribution in [0.25, 0.3) is 0 Å². The van der Waals surface area contributed by atoms with Gasteiger partial charge in [0.25, 0.3) is 0 Å². The number of carbonyl (C=O) groups excluding carboxylic acids is 1. The van der Waals surface area contributed by atoms with Crippen LogP contribution in [0.2, 0.25) is 0 Å². The Balaban J connectivity index is 0.00000182. The van der Waals surface area contributed by atoms with Crippen LogP contribution in [-0.2, 0) is 43.9 Å². The van der Waals surface area contributed by atoms with Crippen molar-refractivity contribution in [2.24, 2.45) is 0 Å². The van der Waals surface area contributed by atoms with Crippen LogP contribution in [0, 0.1) is 13.0 Å². The Morgan fingerprint density at radius 3 is 2.72 bits per heavy atom. The van der Waals surface area contributed by atoms with Crippen LogP contribution >= 0.6 is 0 Å². The summed E-state index contributed by atoms with van der Waals surface area (Å²) < 4.78 is 0. The first kappa shape index (κ1) is 19.5. The summed E-state index contributed by atoms with van der Waals surface area (Å²) in [6, 6.07) is 8.04. The number of nitrogens with zero attached hydrogens (tertiary/aromatic N) is 2. The van der Waals surface area contributed by atoms with E-state index in [9.17, 15) is 4.79 Å². The molecule has 4 heteroatoms. The minimum Gasteiger partial charge on any atom is -0.338 e. The standard InChI is InChI=1S/C21H29N2O.Y/c1-16-7-8-17-9-10-19(20(17)14-16)21(24)23-13-3-2-6-18(23)15-22-11-4-5-12-22;/h8,14,18-19H,2-6,9-13,15H2,1H3;/q-1;. The van der Waals surface area contributed by atoms with Crippen LogP contribution in [0.5, 0.6) is 0 Å². The molecule has 0 N–H and O–H groups in total. The smallest absolute Gasteiger partial charge is 0.228 e. The van der Waals surface area contributed by atoms with Crippen LogP contribution in [0.3, 0.4) is 0 Å². The fourth-order valence-corrected chi connectivity index (χ4v) is 4.85. The summed E-state index contributed by atoms with van der Waals surface area (Å²) in [6.45, 7) is 6.57. The number of fused-ring (bicyclic) bond motifs is 1. The molecule has 2 saturated heterocycles. The van der Waals surface area contributed by atoms with Gasteiger partial charge < -0.3 is 9.80 Å². The molecule has 0 spiro atoms. The fourth-order valence-electron chi connectivity index (χ4n) is 4.85. The van der Waals surface area contributed by atoms with Gasteiger partial charge in [0.1, 0.15) is 0 Å². The van der Waals surface area contributed by atoms with Crippen LogP contribution in [-0.4, -0.2) is 47.9 Å². The van der Waals surface area contributed by atoms with Crippen molar-refractivity contribution < 1.29 is 37.5 Å². The van der Waals surface area contributed by atoms with E-state index >= 15 is 0 Å². The van der Waals surface area contributed by atoms with Gasteiger partial charge in [-0.15, -0.1) is 5.56 Å². The predicted molar refractivity (Wildman–Crippen MR) is 96.1 cm³/mol. The van der Waals surface area contributed by atoms with Gasteiger partial charge in [-0.3, -0.25) is 4.79 Å². The maximum Gasteiger partial charge on any atom is 0.228 e. The van der Waals surface area contributed by atoms with Crippen molar-refractivity contribution in [3.63, 3.8) is 0 Å². The molecule has 2 unspecified atom stereocenters. The molecular formula is C21H29N2OY-. The van der Waals surface area contributed by atoms with E-state index in [2.05, 4.69) is 34.9 Å². The van der Waals surface area contributed by atoms with E-state index in [1.54, 1.807) is 0 Å². The van der Waals surface area contributed by atoms with Gasteiger partial charge in [0.05, 0.1) is 0 Å². The Morgan fingerprint density at radius 2 is 1.92 bits per heavy atom. The molecule has 1 aromatic carbocycles. The number of amides is 1. The summed E-state index contributed by atoms with van der Waals surface area (Å²) >= 11 is 0. The van der Waals surface area contributed by atoms with E-state index in [0.717, 1.165) is 31.5 Å². The first-order valence-electron chi connectivity index (χ1n) is 9.76. The Labute approximate surface area is 177 Å². The summed E-state index contributed by atoms with van der Waals surface area (Å²) in [5.41, 5.74) is 3.77. The van der Waals surface area contributed by atoms with E-state index in [-0.39, 0.29) is 38.6 Å². The zero-order chi connectivity index (χ0) is 16.5. The van der Waals surface area contributed by atoms with Crippen LogP contribution in [0.1, 0.15) is 61.1 Å². The van der Waals surface area contributed by atoms with E-state index in [0.29, 0.717) is 11.9 Å². The normalized spacial score (nSPS) is 26.4. The topological polar surface area (TPSA) is 23.6 Å². The van der Waals surface area contributed by atoms with E-state index in [1.165, 1.54) is 56.3 Å². The van der Waals surface area contributed by atoms with Crippen molar-refractivity contribution in [2.45, 2.75) is 63.8 Å². The van der Waals surface area contributed by atoms with Crippen molar-refractivity contribution in [2.75, 3.05) is 26.2 Å². The number of hydrogen-bond acceptors (Lipinski definition) is 2. The van der Waals surface area contributed by atoms with Gasteiger partial charge in [-0.05, 0) is 51.6 Å². The molecule has 3 aliphatic rings. The number of aryl methyl sites for hydroxylation is 2. The number of benzene rings is 1. The predicted octanol–water partition coefficient (Wildman–Crippen LogP) is 3.30. The zero-order valence-electron chi connectivity index (χ0n) is 15.5. The molecule has 25 heavy (non-hydrogen) atoms. The van der Waals surface area contributed by atoms with Crippen LogP contribution in [0.15, 0.2) is 12.1 Å². The van der Waals surface area contributed by atoms with Gasteiger partial charge in [0.2, 0.25) is 5.91 Å². The van der Waals surface area contributed by atoms with Crippen molar-refractivity contribution >= 4 is 5.91 Å². The van der Waals surface area contributed by atoms with Gasteiger partial charge in [0.15, 0.2) is 0 Å². The second kappa shape index (κ2) is 8.63. The molecule has 1 radical (unpaired) electrons. The maximum atomic E-state index is 13.4. The summed E-state index contributed by atoms with van der Waals surface area (Å²) in [6.07, 6.45) is 8.30. The molecule has 4 rings (SSSR count). The van der Waals surface area contributed by atoms with E-state index in [4.69, 9.17) is 0 Å². The SMILES string of the molecule is Cc1[c-]cc2c(c1)C(C(=O)N1CCCCC1CN1CCCC1)CC2.[Y]. The number of hydrogen-bond donors (Lipinski definition) is 0. The van der Waals surface area contributed by atoms with Gasteiger partial charge in [0, 0.05) is 57.8 Å². The minimum absolute atomic E-state index is 0. The molecular weight excluding hydrogens is 385 g/mol. The number of likely N-dealkylation sites (tertiary alicyclic amines) is 2. The monoisotopic (exact) mass is 414 g/mol. The Kier molecular flexibility index (Phi) is 6.73. The maximum absolute atomic E-state index is 13.4. The molecule has 0 bridgehead atoms. The molecule has 1 amide bonds. The van der Waals surface area contributed by atoms with Gasteiger partial charge >= 0.3 is 0 Å². The van der Waals surface area contributed by atoms with Crippen LogP contribution in [0.4, 0.5) is 0 Å². The van der Waals surface area contributed by atoms with E-state index in [1.807, 2.05) is 0 Å². The Bertz CT molecular complexity index is 612. The van der Waals surface area contributed by atoms with Crippen molar-refractivity contribution in [1.29, 1.82) is 0 Å². The van der Waals surface area contributed by atoms with Gasteiger partial charge in [-0.2, -0.15) is 29.3 Å². The Morgan fingerprint density at radius 1 is 1.16 bits per heavy atom. The van der Waals surface area contributed by atoms with Crippen LogP contribution < -0.4 is 0 Å². The number of rotatable bonds is 3. The van der Waals surface area contributed by atoms with E-state index < -0.39 is 0 Å². The van der Waals surface area contributed by atoms with Gasteiger partial charge in [-0.1, -0.05) is 13.3 Å². The van der Waals surface area contributed by atoms with Gasteiger partial charge in [-0.25, -0.2) is 0 Å². The minimum atomic E-state index is 0. The quantitative estimate of drug-likeness (QED) is 0.709. The fraction of sp³-hybridized carbons (Fsp3) is 0.667. The first-order valence-corrected chi connectivity index (χ1v) is 9.76. The Hall–Kier alpha value is -0.246. The second-order valence-corrected chi connectivity index (χ2v) is 7.88. The van der Waals surface area contributed by atoms with Crippen molar-refractivity contribution in [1.82, 2.24) is 9.80 Å². The second-order valence-electron chi connectivity index (χ2n) is 7.88. The van der Waals surface area contributed by atoms with Crippen molar-refractivity contribution in [3.05, 3.63) is 34.9 Å². The molecule has 1 aliphatic carbocycles. The molecule has 2 atom stereocenters. The molecule has 3 nitrogen and oxygen atoms in total. The summed E-state index contributed by atoms with van der Waals surface area (Å²) in [7, 11) is 0. The molecule has 0 saturated carbocycles. The summed E-state index contributed by atoms with van der Waals surface area (Å²) in [4.78, 5) is 18.2. The number of piperidine rings is 1. The average molecular weight is 414 g/mol. The third kappa shape index (κ3) is 4.20. The third-order valence-corrected chi connectivity index (χ3v) is 6.17. The molecule has 2 heterocycles. The third-order valence-electron chi connectivity index (χ3n) is 6.17. The number of carbonyl (C=O) groups is 1. The molecule has 2 aliphatic heterocycles.